The van der Waals surface area contributed by atoms with Gasteiger partial charge in [0.25, 0.3) is 0 Å². The fraction of sp³-hybridized carbons (Fsp3) is 0.300. The van der Waals surface area contributed by atoms with Crippen molar-refractivity contribution < 1.29 is 37.3 Å². The van der Waals surface area contributed by atoms with Gasteiger partial charge >= 0.3 is 5.97 Å². The number of aromatic carboxylic acids is 1. The summed E-state index contributed by atoms with van der Waals surface area (Å²) in [4.78, 5) is 10.5. The predicted octanol–water partition coefficient (Wildman–Crippen LogP) is 2.25. The number of phenols is 1. The largest absolute Gasteiger partial charge is 0.504 e. The molecule has 0 spiro atoms. The minimum Gasteiger partial charge on any atom is -0.504 e. The van der Waals surface area contributed by atoms with Crippen molar-refractivity contribution in [1.29, 1.82) is 0 Å². The van der Waals surface area contributed by atoms with E-state index in [1.54, 1.807) is 0 Å². The zero-order chi connectivity index (χ0) is 13.9. The van der Waals surface area contributed by atoms with Crippen molar-refractivity contribution in [2.24, 2.45) is 0 Å². The Morgan fingerprint density at radius 1 is 1.17 bits per heavy atom. The van der Waals surface area contributed by atoms with Gasteiger partial charge in [-0.25, -0.2) is 9.18 Å². The SMILES string of the molecule is O=C(O)c1c(O)c(F)c(OCCCF)c(F)c1F. The minimum absolute atomic E-state index is 0.193. The van der Waals surface area contributed by atoms with Crippen molar-refractivity contribution in [2.75, 3.05) is 13.3 Å². The summed E-state index contributed by atoms with van der Waals surface area (Å²) < 4.78 is 56.0. The Bertz CT molecular complexity index is 446. The van der Waals surface area contributed by atoms with E-state index < -0.39 is 53.8 Å². The molecule has 0 saturated heterocycles. The Hall–Kier alpha value is -1.99. The van der Waals surface area contributed by atoms with Crippen LogP contribution >= 0.6 is 0 Å². The zero-order valence-corrected chi connectivity index (χ0v) is 8.84. The molecule has 8 heteroatoms. The van der Waals surface area contributed by atoms with Crippen molar-refractivity contribution in [1.82, 2.24) is 0 Å². The second-order valence-corrected chi connectivity index (χ2v) is 3.19. The highest BCUT2D eigenvalue weighted by Crippen LogP contribution is 2.35. The third-order valence-corrected chi connectivity index (χ3v) is 1.99. The Morgan fingerprint density at radius 2 is 1.78 bits per heavy atom. The molecule has 0 atom stereocenters. The minimum atomic E-state index is -2.03. The maximum Gasteiger partial charge on any atom is 0.342 e. The summed E-state index contributed by atoms with van der Waals surface area (Å²) in [6.07, 6.45) is -0.193. The topological polar surface area (TPSA) is 66.8 Å². The maximum atomic E-state index is 13.4. The van der Waals surface area contributed by atoms with Crippen LogP contribution in [-0.2, 0) is 0 Å². The first-order valence-electron chi connectivity index (χ1n) is 4.73. The lowest BCUT2D eigenvalue weighted by Gasteiger charge is -2.11. The van der Waals surface area contributed by atoms with Gasteiger partial charge < -0.3 is 14.9 Å². The number of aromatic hydroxyl groups is 1. The number of carbonyl (C=O) groups is 1. The molecule has 0 aromatic heterocycles. The van der Waals surface area contributed by atoms with Crippen LogP contribution in [0.2, 0.25) is 0 Å². The number of benzene rings is 1. The summed E-state index contributed by atoms with van der Waals surface area (Å²) in [7, 11) is 0. The predicted molar refractivity (Wildman–Crippen MR) is 51.0 cm³/mol. The molecule has 1 rings (SSSR count). The van der Waals surface area contributed by atoms with E-state index in [0.29, 0.717) is 0 Å². The van der Waals surface area contributed by atoms with Crippen molar-refractivity contribution in [3.05, 3.63) is 23.0 Å². The summed E-state index contributed by atoms with van der Waals surface area (Å²) in [5.74, 6) is -10.5. The molecule has 0 unspecified atom stereocenters. The lowest BCUT2D eigenvalue weighted by molar-refractivity contribution is 0.0685. The lowest BCUT2D eigenvalue weighted by atomic mass is 10.1. The van der Waals surface area contributed by atoms with Crippen LogP contribution in [0.5, 0.6) is 11.5 Å². The normalized spacial score (nSPS) is 10.4. The Labute approximate surface area is 98.4 Å². The average molecular weight is 268 g/mol. The number of alkyl halides is 1. The van der Waals surface area contributed by atoms with Crippen LogP contribution in [0, 0.1) is 17.5 Å². The van der Waals surface area contributed by atoms with E-state index in [0.717, 1.165) is 0 Å². The molecule has 1 aromatic rings. The van der Waals surface area contributed by atoms with E-state index in [1.807, 2.05) is 0 Å². The van der Waals surface area contributed by atoms with Gasteiger partial charge in [-0.3, -0.25) is 4.39 Å². The summed E-state index contributed by atoms with van der Waals surface area (Å²) >= 11 is 0. The van der Waals surface area contributed by atoms with Crippen LogP contribution in [-0.4, -0.2) is 29.5 Å². The van der Waals surface area contributed by atoms with Crippen molar-refractivity contribution in [3.8, 4) is 11.5 Å². The second-order valence-electron chi connectivity index (χ2n) is 3.19. The van der Waals surface area contributed by atoms with Crippen LogP contribution in [0.1, 0.15) is 16.8 Å². The highest BCUT2D eigenvalue weighted by atomic mass is 19.2. The Kier molecular flexibility index (Phi) is 4.35. The van der Waals surface area contributed by atoms with Gasteiger partial charge in [0, 0.05) is 6.42 Å². The lowest BCUT2D eigenvalue weighted by Crippen LogP contribution is -2.10. The highest BCUT2D eigenvalue weighted by Gasteiger charge is 2.29. The van der Waals surface area contributed by atoms with Crippen LogP contribution in [0.3, 0.4) is 0 Å². The molecule has 0 bridgehead atoms. The molecular formula is C10H8F4O4. The monoisotopic (exact) mass is 268 g/mol. The molecule has 0 fully saturated rings. The number of carboxylic acid groups (broad SMARTS) is 1. The molecule has 1 aromatic carbocycles. The first kappa shape index (κ1) is 14.1. The molecule has 0 amide bonds. The third-order valence-electron chi connectivity index (χ3n) is 1.99. The number of hydrogen-bond acceptors (Lipinski definition) is 3. The summed E-state index contributed by atoms with van der Waals surface area (Å²) in [6.45, 7) is -1.26. The van der Waals surface area contributed by atoms with Gasteiger partial charge in [-0.2, -0.15) is 8.78 Å². The molecule has 18 heavy (non-hydrogen) atoms. The quantitative estimate of drug-likeness (QED) is 0.488. The van der Waals surface area contributed by atoms with Crippen LogP contribution in [0.4, 0.5) is 17.6 Å². The van der Waals surface area contributed by atoms with Gasteiger partial charge in [-0.1, -0.05) is 0 Å². The highest BCUT2D eigenvalue weighted by molar-refractivity contribution is 5.91. The summed E-state index contributed by atoms with van der Waals surface area (Å²) in [5, 5.41) is 17.6. The number of hydrogen-bond donors (Lipinski definition) is 2. The van der Waals surface area contributed by atoms with E-state index in [9.17, 15) is 22.4 Å². The molecule has 0 heterocycles. The van der Waals surface area contributed by atoms with Crippen LogP contribution < -0.4 is 4.74 Å². The summed E-state index contributed by atoms with van der Waals surface area (Å²) in [5.41, 5.74) is -1.53. The molecule has 100 valence electrons. The average Bonchev–Trinajstić information content (AvgIpc) is 2.31. The molecule has 0 aliphatic rings. The fourth-order valence-corrected chi connectivity index (χ4v) is 1.18. The number of halogens is 4. The van der Waals surface area contributed by atoms with E-state index in [4.69, 9.17) is 10.2 Å². The number of rotatable bonds is 5. The van der Waals surface area contributed by atoms with E-state index >= 15 is 0 Å². The van der Waals surface area contributed by atoms with Crippen molar-refractivity contribution >= 4 is 5.97 Å². The first-order chi connectivity index (χ1) is 8.41. The van der Waals surface area contributed by atoms with E-state index in [1.165, 1.54) is 0 Å². The second kappa shape index (κ2) is 5.56. The molecule has 0 aliphatic heterocycles. The van der Waals surface area contributed by atoms with Crippen LogP contribution in [0.15, 0.2) is 0 Å². The molecule has 4 nitrogen and oxygen atoms in total. The van der Waals surface area contributed by atoms with Crippen molar-refractivity contribution in [3.63, 3.8) is 0 Å². The fourth-order valence-electron chi connectivity index (χ4n) is 1.18. The number of ether oxygens (including phenoxy) is 1. The number of carboxylic acids is 1. The Balaban J connectivity index is 3.26. The van der Waals surface area contributed by atoms with Gasteiger partial charge in [0.1, 0.15) is 5.56 Å². The van der Waals surface area contributed by atoms with Gasteiger partial charge in [-0.15, -0.1) is 0 Å². The standard InChI is InChI=1S/C10H8F4O4/c11-2-1-3-18-9-6(13)5(12)4(10(16)17)8(15)7(9)14/h15H,1-3H2,(H,16,17). The molecule has 0 saturated carbocycles. The van der Waals surface area contributed by atoms with E-state index in [-0.39, 0.29) is 6.42 Å². The molecular weight excluding hydrogens is 260 g/mol. The van der Waals surface area contributed by atoms with Gasteiger partial charge in [-0.05, 0) is 0 Å². The van der Waals surface area contributed by atoms with E-state index in [2.05, 4.69) is 4.74 Å². The Morgan fingerprint density at radius 3 is 2.28 bits per heavy atom. The summed E-state index contributed by atoms with van der Waals surface area (Å²) in [6, 6.07) is 0. The maximum absolute atomic E-state index is 13.4. The van der Waals surface area contributed by atoms with Gasteiger partial charge in [0.2, 0.25) is 11.6 Å². The van der Waals surface area contributed by atoms with Crippen molar-refractivity contribution in [2.45, 2.75) is 6.42 Å². The first-order valence-corrected chi connectivity index (χ1v) is 4.73. The molecule has 2 N–H and O–H groups in total. The van der Waals surface area contributed by atoms with Crippen LogP contribution in [0.25, 0.3) is 0 Å². The molecule has 0 aliphatic carbocycles. The zero-order valence-electron chi connectivity index (χ0n) is 8.84. The third kappa shape index (κ3) is 2.47. The van der Waals surface area contributed by atoms with Gasteiger partial charge in [0.15, 0.2) is 17.3 Å². The smallest absolute Gasteiger partial charge is 0.342 e. The van der Waals surface area contributed by atoms with Gasteiger partial charge in [0.05, 0.1) is 13.3 Å². The molecule has 0 radical (unpaired) electrons.